The fraction of sp³-hybridized carbons (Fsp3) is 0.318. The van der Waals surface area contributed by atoms with Crippen molar-refractivity contribution in [2.75, 3.05) is 0 Å². The van der Waals surface area contributed by atoms with Crippen molar-refractivity contribution in [1.29, 1.82) is 0 Å². The molecule has 0 aliphatic carbocycles. The molecule has 2 heterocycles. The van der Waals surface area contributed by atoms with Crippen molar-refractivity contribution in [3.05, 3.63) is 65.6 Å². The normalized spacial score (nSPS) is 16.5. The quantitative estimate of drug-likeness (QED) is 0.588. The van der Waals surface area contributed by atoms with E-state index in [9.17, 15) is 13.6 Å². The molecule has 1 unspecified atom stereocenters. The maximum atomic E-state index is 14.1. The maximum Gasteiger partial charge on any atom is 0.249 e. The predicted molar refractivity (Wildman–Crippen MR) is 104 cm³/mol. The zero-order chi connectivity index (χ0) is 21.3. The third-order valence-electron chi connectivity index (χ3n) is 4.89. The van der Waals surface area contributed by atoms with Crippen LogP contribution < -0.4 is 4.74 Å². The Hall–Kier alpha value is -3.29. The lowest BCUT2D eigenvalue weighted by atomic mass is 10.1. The summed E-state index contributed by atoms with van der Waals surface area (Å²) in [7, 11) is 0. The Morgan fingerprint density at radius 3 is 2.70 bits per heavy atom. The van der Waals surface area contributed by atoms with E-state index in [1.54, 1.807) is 0 Å². The molecular formula is C22H21F2N3O3. The second-order valence-corrected chi connectivity index (χ2v) is 7.46. The molecule has 1 atom stereocenters. The molecule has 30 heavy (non-hydrogen) atoms. The monoisotopic (exact) mass is 413 g/mol. The van der Waals surface area contributed by atoms with Gasteiger partial charge in [0.25, 0.3) is 0 Å². The lowest BCUT2D eigenvalue weighted by Crippen LogP contribution is -2.27. The molecule has 0 bridgehead atoms. The fourth-order valence-electron chi connectivity index (χ4n) is 3.48. The van der Waals surface area contributed by atoms with Crippen LogP contribution in [0.25, 0.3) is 11.4 Å². The number of carbonyl (C=O) groups excluding carboxylic acids is 1. The number of rotatable bonds is 6. The van der Waals surface area contributed by atoms with Gasteiger partial charge < -0.3 is 14.2 Å². The van der Waals surface area contributed by atoms with Gasteiger partial charge in [0, 0.05) is 24.1 Å². The first-order valence-corrected chi connectivity index (χ1v) is 9.75. The molecule has 1 aliphatic heterocycles. The van der Waals surface area contributed by atoms with Gasteiger partial charge in [-0.15, -0.1) is 0 Å². The molecule has 8 heteroatoms. The van der Waals surface area contributed by atoms with Gasteiger partial charge in [0.15, 0.2) is 0 Å². The van der Waals surface area contributed by atoms with E-state index in [1.807, 2.05) is 38.1 Å². The highest BCUT2D eigenvalue weighted by atomic mass is 19.1. The van der Waals surface area contributed by atoms with E-state index < -0.39 is 17.7 Å². The zero-order valence-corrected chi connectivity index (χ0v) is 16.6. The number of ether oxygens (including phenoxy) is 1. The molecule has 1 aromatic heterocycles. The average molecular weight is 413 g/mol. The summed E-state index contributed by atoms with van der Waals surface area (Å²) in [6.07, 6.45) is 0.820. The molecule has 3 aromatic rings. The van der Waals surface area contributed by atoms with Gasteiger partial charge in [0.1, 0.15) is 23.4 Å². The number of benzene rings is 2. The number of likely N-dealkylation sites (tertiary alicyclic amines) is 1. The van der Waals surface area contributed by atoms with Crippen LogP contribution in [0, 0.1) is 11.6 Å². The molecule has 1 aliphatic rings. The summed E-state index contributed by atoms with van der Waals surface area (Å²) in [5.41, 5.74) is 0.851. The minimum Gasteiger partial charge on any atom is -0.491 e. The maximum absolute atomic E-state index is 14.1. The molecule has 2 aromatic carbocycles. The second kappa shape index (κ2) is 8.22. The fourth-order valence-corrected chi connectivity index (χ4v) is 3.48. The van der Waals surface area contributed by atoms with Crippen LogP contribution in [-0.4, -0.2) is 27.1 Å². The SMILES string of the molecule is CC(C)Oc1ccc(-c2noc(C3CCC(=O)N3Cc3cc(F)ccc3F)n2)cc1. The predicted octanol–water partition coefficient (Wildman–Crippen LogP) is 4.67. The van der Waals surface area contributed by atoms with Crippen LogP contribution in [0.3, 0.4) is 0 Å². The van der Waals surface area contributed by atoms with Gasteiger partial charge >= 0.3 is 0 Å². The Morgan fingerprint density at radius 1 is 1.20 bits per heavy atom. The van der Waals surface area contributed by atoms with Crippen molar-refractivity contribution < 1.29 is 22.8 Å². The number of aromatic nitrogens is 2. The molecule has 4 rings (SSSR count). The van der Waals surface area contributed by atoms with E-state index in [2.05, 4.69) is 10.1 Å². The largest absolute Gasteiger partial charge is 0.491 e. The first-order valence-electron chi connectivity index (χ1n) is 9.75. The molecule has 0 spiro atoms. The Balaban J connectivity index is 1.54. The van der Waals surface area contributed by atoms with Gasteiger partial charge in [0.2, 0.25) is 17.6 Å². The number of halogens is 2. The lowest BCUT2D eigenvalue weighted by molar-refractivity contribution is -0.130. The smallest absolute Gasteiger partial charge is 0.249 e. The van der Waals surface area contributed by atoms with Crippen molar-refractivity contribution in [1.82, 2.24) is 15.0 Å². The summed E-state index contributed by atoms with van der Waals surface area (Å²) in [6, 6.07) is 10.0. The minimum absolute atomic E-state index is 0.0634. The van der Waals surface area contributed by atoms with Gasteiger partial charge in [-0.2, -0.15) is 4.98 Å². The van der Waals surface area contributed by atoms with E-state index in [4.69, 9.17) is 9.26 Å². The van der Waals surface area contributed by atoms with E-state index in [-0.39, 0.29) is 36.4 Å². The highest BCUT2D eigenvalue weighted by Gasteiger charge is 2.36. The number of hydrogen-bond acceptors (Lipinski definition) is 5. The summed E-state index contributed by atoms with van der Waals surface area (Å²) >= 11 is 0. The van der Waals surface area contributed by atoms with Crippen molar-refractivity contribution >= 4 is 5.91 Å². The first kappa shape index (κ1) is 20.0. The first-order chi connectivity index (χ1) is 14.4. The molecular weight excluding hydrogens is 392 g/mol. The van der Waals surface area contributed by atoms with Crippen molar-refractivity contribution in [2.45, 2.75) is 45.4 Å². The Morgan fingerprint density at radius 2 is 1.97 bits per heavy atom. The summed E-state index contributed by atoms with van der Waals surface area (Å²) in [5, 5.41) is 4.02. The molecule has 156 valence electrons. The Bertz CT molecular complexity index is 1050. The molecule has 1 amide bonds. The number of amides is 1. The van der Waals surface area contributed by atoms with E-state index in [0.29, 0.717) is 12.2 Å². The summed E-state index contributed by atoms with van der Waals surface area (Å²) in [4.78, 5) is 18.3. The summed E-state index contributed by atoms with van der Waals surface area (Å²) in [6.45, 7) is 3.83. The van der Waals surface area contributed by atoms with E-state index >= 15 is 0 Å². The van der Waals surface area contributed by atoms with Crippen LogP contribution in [-0.2, 0) is 11.3 Å². The number of nitrogens with zero attached hydrogens (tertiary/aromatic N) is 3. The summed E-state index contributed by atoms with van der Waals surface area (Å²) < 4.78 is 38.6. The number of hydrogen-bond donors (Lipinski definition) is 0. The van der Waals surface area contributed by atoms with Crippen LogP contribution in [0.5, 0.6) is 5.75 Å². The van der Waals surface area contributed by atoms with E-state index in [1.165, 1.54) is 4.90 Å². The molecule has 1 fully saturated rings. The molecule has 6 nitrogen and oxygen atoms in total. The van der Waals surface area contributed by atoms with Gasteiger partial charge in [0.05, 0.1) is 6.10 Å². The van der Waals surface area contributed by atoms with Crippen LogP contribution in [0.15, 0.2) is 47.0 Å². The van der Waals surface area contributed by atoms with Crippen molar-refractivity contribution in [2.24, 2.45) is 0 Å². The Labute approximate surface area is 172 Å². The molecule has 1 saturated heterocycles. The average Bonchev–Trinajstić information content (AvgIpc) is 3.32. The zero-order valence-electron chi connectivity index (χ0n) is 16.6. The third kappa shape index (κ3) is 4.17. The third-order valence-corrected chi connectivity index (χ3v) is 4.89. The Kier molecular flexibility index (Phi) is 5.48. The van der Waals surface area contributed by atoms with Gasteiger partial charge in [-0.1, -0.05) is 5.16 Å². The highest BCUT2D eigenvalue weighted by Crippen LogP contribution is 2.34. The van der Waals surface area contributed by atoms with E-state index in [0.717, 1.165) is 29.5 Å². The topological polar surface area (TPSA) is 68.5 Å². The van der Waals surface area contributed by atoms with Gasteiger partial charge in [-0.05, 0) is 62.7 Å². The lowest BCUT2D eigenvalue weighted by Gasteiger charge is -2.22. The minimum atomic E-state index is -0.565. The summed E-state index contributed by atoms with van der Waals surface area (Å²) in [5.74, 6) is 0.109. The second-order valence-electron chi connectivity index (χ2n) is 7.46. The van der Waals surface area contributed by atoms with Crippen molar-refractivity contribution in [3.63, 3.8) is 0 Å². The van der Waals surface area contributed by atoms with Gasteiger partial charge in [-0.3, -0.25) is 4.79 Å². The van der Waals surface area contributed by atoms with Crippen LogP contribution >= 0.6 is 0 Å². The highest BCUT2D eigenvalue weighted by molar-refractivity contribution is 5.78. The standard InChI is InChI=1S/C22H21F2N3O3/c1-13(2)29-17-6-3-14(4-7-17)21-25-22(30-26-21)19-9-10-20(28)27(19)12-15-11-16(23)5-8-18(15)24/h3-8,11,13,19H,9-10,12H2,1-2H3. The molecule has 0 N–H and O–H groups in total. The van der Waals surface area contributed by atoms with Crippen LogP contribution in [0.1, 0.15) is 44.2 Å². The van der Waals surface area contributed by atoms with Crippen LogP contribution in [0.4, 0.5) is 8.78 Å². The molecule has 0 radical (unpaired) electrons. The number of carbonyl (C=O) groups is 1. The molecule has 0 saturated carbocycles. The van der Waals surface area contributed by atoms with Crippen molar-refractivity contribution in [3.8, 4) is 17.1 Å². The van der Waals surface area contributed by atoms with Crippen LogP contribution in [0.2, 0.25) is 0 Å². The van der Waals surface area contributed by atoms with Gasteiger partial charge in [-0.25, -0.2) is 8.78 Å².